The summed E-state index contributed by atoms with van der Waals surface area (Å²) in [5.41, 5.74) is -1.46. The summed E-state index contributed by atoms with van der Waals surface area (Å²) in [5.74, 6) is 0. The van der Waals surface area contributed by atoms with E-state index in [2.05, 4.69) is 5.10 Å². The van der Waals surface area contributed by atoms with Crippen LogP contribution in [-0.2, 0) is 23.6 Å². The number of anilines is 1. The minimum Gasteiger partial charge on any atom is -0.367 e. The zero-order valence-electron chi connectivity index (χ0n) is 14.2. The fourth-order valence-electron chi connectivity index (χ4n) is 3.06. The maximum absolute atomic E-state index is 12.9. The second kappa shape index (κ2) is 6.27. The minimum atomic E-state index is -4.64. The van der Waals surface area contributed by atoms with Gasteiger partial charge in [-0.1, -0.05) is 0 Å². The molecule has 26 heavy (non-hydrogen) atoms. The van der Waals surface area contributed by atoms with Crippen LogP contribution < -0.4 is 4.90 Å². The highest BCUT2D eigenvalue weighted by molar-refractivity contribution is 5.65. The van der Waals surface area contributed by atoms with Crippen molar-refractivity contribution in [2.24, 2.45) is 7.05 Å². The number of ether oxygens (including phenoxy) is 1. The summed E-state index contributed by atoms with van der Waals surface area (Å²) in [6, 6.07) is 2.58. The van der Waals surface area contributed by atoms with Gasteiger partial charge in [0.05, 0.1) is 29.8 Å². The van der Waals surface area contributed by atoms with Crippen molar-refractivity contribution in [3.05, 3.63) is 51.8 Å². The number of nitrogens with zero attached hydrogens (tertiary/aromatic N) is 4. The van der Waals surface area contributed by atoms with Crippen molar-refractivity contribution in [2.45, 2.75) is 18.7 Å². The van der Waals surface area contributed by atoms with E-state index in [1.54, 1.807) is 29.0 Å². The van der Waals surface area contributed by atoms with E-state index in [1.807, 2.05) is 6.92 Å². The number of nitro groups is 1. The van der Waals surface area contributed by atoms with Gasteiger partial charge in [-0.2, -0.15) is 18.3 Å². The number of benzene rings is 1. The van der Waals surface area contributed by atoms with E-state index in [0.717, 1.165) is 17.7 Å². The van der Waals surface area contributed by atoms with Crippen LogP contribution in [0.3, 0.4) is 0 Å². The molecular weight excluding hydrogens is 353 g/mol. The number of hydrogen-bond acceptors (Lipinski definition) is 5. The molecule has 140 valence electrons. The summed E-state index contributed by atoms with van der Waals surface area (Å²) in [7, 11) is 1.76. The van der Waals surface area contributed by atoms with E-state index in [-0.39, 0.29) is 18.8 Å². The molecule has 1 aromatic carbocycles. The molecule has 0 amide bonds. The Morgan fingerprint density at radius 1 is 1.38 bits per heavy atom. The minimum absolute atomic E-state index is 0.140. The highest BCUT2D eigenvalue weighted by Gasteiger charge is 2.38. The van der Waals surface area contributed by atoms with Crippen molar-refractivity contribution in [3.8, 4) is 0 Å². The maximum atomic E-state index is 12.9. The van der Waals surface area contributed by atoms with E-state index in [0.29, 0.717) is 12.6 Å². The summed E-state index contributed by atoms with van der Waals surface area (Å²) < 4.78 is 46.1. The Kier molecular flexibility index (Phi) is 4.39. The Morgan fingerprint density at radius 3 is 2.69 bits per heavy atom. The first-order valence-electron chi connectivity index (χ1n) is 7.84. The highest BCUT2D eigenvalue weighted by Crippen LogP contribution is 2.39. The lowest BCUT2D eigenvalue weighted by Gasteiger charge is -2.41. The Morgan fingerprint density at radius 2 is 2.12 bits per heavy atom. The van der Waals surface area contributed by atoms with Crippen LogP contribution in [0.4, 0.5) is 24.5 Å². The second-order valence-electron chi connectivity index (χ2n) is 6.36. The normalized spacial score (nSPS) is 21.0. The number of morpholine rings is 1. The fraction of sp³-hybridized carbons (Fsp3) is 0.438. The molecule has 1 unspecified atom stereocenters. The third-order valence-corrected chi connectivity index (χ3v) is 4.43. The summed E-state index contributed by atoms with van der Waals surface area (Å²) in [5, 5.41) is 15.4. The average Bonchev–Trinajstić information content (AvgIpc) is 3.01. The monoisotopic (exact) mass is 370 g/mol. The quantitative estimate of drug-likeness (QED) is 0.613. The topological polar surface area (TPSA) is 73.4 Å². The molecule has 2 heterocycles. The van der Waals surface area contributed by atoms with Crippen molar-refractivity contribution in [2.75, 3.05) is 24.6 Å². The van der Waals surface area contributed by atoms with Crippen LogP contribution in [0.15, 0.2) is 30.6 Å². The molecule has 1 atom stereocenters. The van der Waals surface area contributed by atoms with Gasteiger partial charge in [0.25, 0.3) is 5.69 Å². The molecular formula is C16H17F3N4O3. The van der Waals surface area contributed by atoms with Gasteiger partial charge in [0.15, 0.2) is 0 Å². The summed E-state index contributed by atoms with van der Waals surface area (Å²) in [6.45, 7) is 2.70. The largest absolute Gasteiger partial charge is 0.416 e. The Balaban J connectivity index is 1.96. The van der Waals surface area contributed by atoms with Gasteiger partial charge in [0.2, 0.25) is 0 Å². The van der Waals surface area contributed by atoms with E-state index in [4.69, 9.17) is 4.74 Å². The first-order valence-corrected chi connectivity index (χ1v) is 7.84. The van der Waals surface area contributed by atoms with E-state index in [1.165, 1.54) is 0 Å². The van der Waals surface area contributed by atoms with E-state index >= 15 is 0 Å². The highest BCUT2D eigenvalue weighted by atomic mass is 19.4. The van der Waals surface area contributed by atoms with Crippen LogP contribution in [0, 0.1) is 10.1 Å². The zero-order chi connectivity index (χ0) is 19.1. The number of aryl methyl sites for hydroxylation is 1. The summed E-state index contributed by atoms with van der Waals surface area (Å²) >= 11 is 0. The Labute approximate surface area is 147 Å². The van der Waals surface area contributed by atoms with Gasteiger partial charge in [-0.05, 0) is 19.1 Å². The van der Waals surface area contributed by atoms with Crippen molar-refractivity contribution in [1.29, 1.82) is 0 Å². The van der Waals surface area contributed by atoms with Crippen molar-refractivity contribution in [3.63, 3.8) is 0 Å². The van der Waals surface area contributed by atoms with Gasteiger partial charge in [-0.3, -0.25) is 14.8 Å². The SMILES string of the molecule is Cn1cc(C2(C)CN(c3ccc(C(F)(F)F)cc3[N+](=O)[O-])CCO2)cn1. The molecule has 0 radical (unpaired) electrons. The summed E-state index contributed by atoms with van der Waals surface area (Å²) in [4.78, 5) is 12.2. The average molecular weight is 370 g/mol. The van der Waals surface area contributed by atoms with Gasteiger partial charge in [-0.25, -0.2) is 0 Å². The van der Waals surface area contributed by atoms with Gasteiger partial charge in [0, 0.05) is 31.4 Å². The molecule has 0 spiro atoms. The van der Waals surface area contributed by atoms with E-state index < -0.39 is 28.0 Å². The van der Waals surface area contributed by atoms with Crippen LogP contribution in [0.1, 0.15) is 18.1 Å². The number of rotatable bonds is 3. The predicted molar refractivity (Wildman–Crippen MR) is 86.8 cm³/mol. The molecule has 3 rings (SSSR count). The van der Waals surface area contributed by atoms with Crippen LogP contribution in [-0.4, -0.2) is 34.4 Å². The van der Waals surface area contributed by atoms with Crippen molar-refractivity contribution >= 4 is 11.4 Å². The molecule has 0 N–H and O–H groups in total. The predicted octanol–water partition coefficient (Wildman–Crippen LogP) is 3.10. The maximum Gasteiger partial charge on any atom is 0.416 e. The molecule has 1 aromatic heterocycles. The molecule has 1 aliphatic heterocycles. The standard InChI is InChI=1S/C16H17F3N4O3/c1-15(12-8-20-21(2)9-12)10-22(5-6-26-15)13-4-3-11(16(17,18)19)7-14(13)23(24)25/h3-4,7-9H,5-6,10H2,1-2H3. The van der Waals surface area contributed by atoms with Crippen molar-refractivity contribution in [1.82, 2.24) is 9.78 Å². The molecule has 1 saturated heterocycles. The molecule has 1 aliphatic rings. The molecule has 10 heteroatoms. The lowest BCUT2D eigenvalue weighted by atomic mass is 9.96. The molecule has 0 saturated carbocycles. The summed E-state index contributed by atoms with van der Waals surface area (Å²) in [6.07, 6.45) is -1.21. The first kappa shape index (κ1) is 18.2. The van der Waals surface area contributed by atoms with Crippen LogP contribution in [0.2, 0.25) is 0 Å². The van der Waals surface area contributed by atoms with Crippen molar-refractivity contribution < 1.29 is 22.8 Å². The molecule has 0 aliphatic carbocycles. The van der Waals surface area contributed by atoms with Crippen LogP contribution >= 0.6 is 0 Å². The van der Waals surface area contributed by atoms with Crippen LogP contribution in [0.5, 0.6) is 0 Å². The van der Waals surface area contributed by atoms with Gasteiger partial charge < -0.3 is 9.64 Å². The lowest BCUT2D eigenvalue weighted by Crippen LogP contribution is -2.48. The molecule has 1 fully saturated rings. The second-order valence-corrected chi connectivity index (χ2v) is 6.36. The third-order valence-electron chi connectivity index (χ3n) is 4.43. The number of nitro benzene ring substituents is 1. The Bertz CT molecular complexity index is 836. The molecule has 7 nitrogen and oxygen atoms in total. The Hall–Kier alpha value is -2.62. The first-order chi connectivity index (χ1) is 12.1. The molecule has 2 aromatic rings. The van der Waals surface area contributed by atoms with Gasteiger partial charge in [-0.15, -0.1) is 0 Å². The number of alkyl halides is 3. The van der Waals surface area contributed by atoms with E-state index in [9.17, 15) is 23.3 Å². The fourth-order valence-corrected chi connectivity index (χ4v) is 3.06. The van der Waals surface area contributed by atoms with Crippen LogP contribution in [0.25, 0.3) is 0 Å². The number of aromatic nitrogens is 2. The van der Waals surface area contributed by atoms with Gasteiger partial charge >= 0.3 is 6.18 Å². The third kappa shape index (κ3) is 3.36. The number of hydrogen-bond donors (Lipinski definition) is 0. The number of halogens is 3. The van der Waals surface area contributed by atoms with Gasteiger partial charge in [0.1, 0.15) is 11.3 Å². The lowest BCUT2D eigenvalue weighted by molar-refractivity contribution is -0.384. The molecule has 0 bridgehead atoms. The smallest absolute Gasteiger partial charge is 0.367 e. The zero-order valence-corrected chi connectivity index (χ0v) is 14.2.